The number of benzene rings is 1. The van der Waals surface area contributed by atoms with Crippen LogP contribution in [-0.4, -0.2) is 42.1 Å². The summed E-state index contributed by atoms with van der Waals surface area (Å²) in [6, 6.07) is 6.06. The van der Waals surface area contributed by atoms with E-state index in [-0.39, 0.29) is 6.61 Å². The van der Waals surface area contributed by atoms with Crippen LogP contribution in [0.5, 0.6) is 0 Å². The summed E-state index contributed by atoms with van der Waals surface area (Å²) in [4.78, 5) is 25.8. The van der Waals surface area contributed by atoms with Gasteiger partial charge < -0.3 is 20.1 Å². The van der Waals surface area contributed by atoms with E-state index < -0.39 is 29.2 Å². The van der Waals surface area contributed by atoms with Gasteiger partial charge >= 0.3 is 12.0 Å². The second-order valence-corrected chi connectivity index (χ2v) is 8.72. The van der Waals surface area contributed by atoms with Crippen molar-refractivity contribution in [2.24, 2.45) is 0 Å². The van der Waals surface area contributed by atoms with Crippen molar-refractivity contribution < 1.29 is 19.1 Å². The first kappa shape index (κ1) is 22.3. The van der Waals surface area contributed by atoms with Crippen LogP contribution in [0.3, 0.4) is 0 Å². The predicted octanol–water partition coefficient (Wildman–Crippen LogP) is 4.06. The van der Waals surface area contributed by atoms with Crippen LogP contribution in [0.4, 0.5) is 10.5 Å². The molecular formula is C19H30N2O4S. The minimum absolute atomic E-state index is 0.0245. The Kier molecular flexibility index (Phi) is 7.96. The summed E-state index contributed by atoms with van der Waals surface area (Å²) in [6.07, 6.45) is 1.96. The highest BCUT2D eigenvalue weighted by Gasteiger charge is 2.28. The van der Waals surface area contributed by atoms with Gasteiger partial charge in [0, 0.05) is 10.6 Å². The fraction of sp³-hybridized carbons (Fsp3) is 0.579. The Bertz CT molecular complexity index is 621. The minimum Gasteiger partial charge on any atom is -0.458 e. The van der Waals surface area contributed by atoms with E-state index in [4.69, 9.17) is 9.47 Å². The molecule has 0 aliphatic carbocycles. The summed E-state index contributed by atoms with van der Waals surface area (Å²) in [7, 11) is 0. The van der Waals surface area contributed by atoms with Crippen molar-refractivity contribution in [3.63, 3.8) is 0 Å². The van der Waals surface area contributed by atoms with Crippen LogP contribution in [0.1, 0.15) is 41.5 Å². The minimum atomic E-state index is -0.905. The van der Waals surface area contributed by atoms with Gasteiger partial charge in [0.2, 0.25) is 0 Å². The molecule has 2 N–H and O–H groups in total. The van der Waals surface area contributed by atoms with Gasteiger partial charge in [-0.15, -0.1) is 11.8 Å². The number of carbonyl (C=O) groups is 2. The number of esters is 1. The maximum Gasteiger partial charge on any atom is 0.331 e. The zero-order chi connectivity index (χ0) is 20.0. The molecule has 1 atom stereocenters. The Morgan fingerprint density at radius 3 is 2.31 bits per heavy atom. The maximum atomic E-state index is 12.4. The molecule has 1 aromatic carbocycles. The van der Waals surface area contributed by atoms with Gasteiger partial charge in [0.1, 0.15) is 5.60 Å². The predicted molar refractivity (Wildman–Crippen MR) is 106 cm³/mol. The zero-order valence-corrected chi connectivity index (χ0v) is 17.5. The van der Waals surface area contributed by atoms with Crippen LogP contribution in [0.2, 0.25) is 0 Å². The Balaban J connectivity index is 2.78. The van der Waals surface area contributed by atoms with Crippen LogP contribution in [0, 0.1) is 0 Å². The second-order valence-electron chi connectivity index (χ2n) is 7.84. The Morgan fingerprint density at radius 1 is 1.12 bits per heavy atom. The normalized spacial score (nSPS) is 13.0. The van der Waals surface area contributed by atoms with Gasteiger partial charge in [0.05, 0.1) is 12.2 Å². The third kappa shape index (κ3) is 9.10. The lowest BCUT2D eigenvalue weighted by molar-refractivity contribution is -0.160. The fourth-order valence-corrected chi connectivity index (χ4v) is 2.36. The molecule has 0 aromatic heterocycles. The van der Waals surface area contributed by atoms with Crippen molar-refractivity contribution in [1.82, 2.24) is 5.32 Å². The quantitative estimate of drug-likeness (QED) is 0.573. The number of carbonyl (C=O) groups excluding carboxylic acids is 2. The van der Waals surface area contributed by atoms with Crippen molar-refractivity contribution in [3.8, 4) is 0 Å². The highest BCUT2D eigenvalue weighted by atomic mass is 32.2. The molecule has 2 amide bonds. The molecule has 0 bridgehead atoms. The Morgan fingerprint density at radius 2 is 1.77 bits per heavy atom. The van der Waals surface area contributed by atoms with E-state index in [0.717, 1.165) is 4.90 Å². The molecule has 0 aliphatic heterocycles. The molecule has 1 unspecified atom stereocenters. The van der Waals surface area contributed by atoms with E-state index >= 15 is 0 Å². The van der Waals surface area contributed by atoms with E-state index in [2.05, 4.69) is 10.6 Å². The largest absolute Gasteiger partial charge is 0.458 e. The molecule has 0 aliphatic rings. The van der Waals surface area contributed by atoms with E-state index in [0.29, 0.717) is 5.69 Å². The van der Waals surface area contributed by atoms with E-state index in [1.54, 1.807) is 38.6 Å². The molecule has 6 nitrogen and oxygen atoms in total. The first-order valence-corrected chi connectivity index (χ1v) is 9.70. The topological polar surface area (TPSA) is 76.7 Å². The second kappa shape index (κ2) is 9.28. The third-order valence-corrected chi connectivity index (χ3v) is 3.73. The van der Waals surface area contributed by atoms with Crippen molar-refractivity contribution in [3.05, 3.63) is 24.3 Å². The molecule has 1 aromatic rings. The molecule has 1 rings (SSSR count). The summed E-state index contributed by atoms with van der Waals surface area (Å²) in [5, 5.41) is 5.38. The maximum absolute atomic E-state index is 12.4. The monoisotopic (exact) mass is 382 g/mol. The molecule has 0 radical (unpaired) electrons. The standard InChI is InChI=1S/C19H30N2O4S/c1-18(2,3)24-12-15(16(22)25-19(4,5)6)21-17(23)20-13-9-8-10-14(11-13)26-7/h8-11,15H,12H2,1-7H3,(H2,20,21,23). The Hall–Kier alpha value is -1.73. The molecule has 0 saturated carbocycles. The number of anilines is 1. The third-order valence-electron chi connectivity index (χ3n) is 3.01. The van der Waals surface area contributed by atoms with Gasteiger partial charge in [0.25, 0.3) is 0 Å². The highest BCUT2D eigenvalue weighted by Crippen LogP contribution is 2.19. The van der Waals surface area contributed by atoms with Crippen molar-refractivity contribution in [2.45, 2.75) is 63.7 Å². The summed E-state index contributed by atoms with van der Waals surface area (Å²) in [6.45, 7) is 11.0. The van der Waals surface area contributed by atoms with Crippen LogP contribution >= 0.6 is 11.8 Å². The average Bonchev–Trinajstić information content (AvgIpc) is 2.48. The van der Waals surface area contributed by atoms with Gasteiger partial charge in [0.15, 0.2) is 6.04 Å². The smallest absolute Gasteiger partial charge is 0.331 e. The van der Waals surface area contributed by atoms with Crippen LogP contribution in [-0.2, 0) is 14.3 Å². The molecule has 0 spiro atoms. The molecule has 0 heterocycles. The number of amides is 2. The number of rotatable bonds is 6. The molecule has 0 saturated heterocycles. The van der Waals surface area contributed by atoms with E-state index in [1.165, 1.54) is 0 Å². The van der Waals surface area contributed by atoms with Crippen LogP contribution in [0.25, 0.3) is 0 Å². The number of ether oxygens (including phenoxy) is 2. The molecule has 26 heavy (non-hydrogen) atoms. The molecule has 146 valence electrons. The van der Waals surface area contributed by atoms with Crippen LogP contribution < -0.4 is 10.6 Å². The first-order chi connectivity index (χ1) is 11.9. The van der Waals surface area contributed by atoms with E-state index in [9.17, 15) is 9.59 Å². The van der Waals surface area contributed by atoms with Gasteiger partial charge in [-0.05, 0) is 66.0 Å². The van der Waals surface area contributed by atoms with Gasteiger partial charge in [-0.25, -0.2) is 9.59 Å². The lowest BCUT2D eigenvalue weighted by Gasteiger charge is -2.27. The average molecular weight is 383 g/mol. The van der Waals surface area contributed by atoms with Gasteiger partial charge in [-0.1, -0.05) is 6.07 Å². The van der Waals surface area contributed by atoms with Gasteiger partial charge in [-0.3, -0.25) is 0 Å². The number of urea groups is 1. The number of hydrogen-bond acceptors (Lipinski definition) is 5. The Labute approximate surface area is 160 Å². The van der Waals surface area contributed by atoms with Crippen molar-refractivity contribution in [1.29, 1.82) is 0 Å². The number of hydrogen-bond donors (Lipinski definition) is 2. The highest BCUT2D eigenvalue weighted by molar-refractivity contribution is 7.98. The first-order valence-electron chi connectivity index (χ1n) is 8.48. The van der Waals surface area contributed by atoms with Gasteiger partial charge in [-0.2, -0.15) is 0 Å². The summed E-state index contributed by atoms with van der Waals surface area (Å²) >= 11 is 1.58. The SMILES string of the molecule is CSc1cccc(NC(=O)NC(COC(C)(C)C)C(=O)OC(C)(C)C)c1. The zero-order valence-electron chi connectivity index (χ0n) is 16.6. The van der Waals surface area contributed by atoms with Crippen molar-refractivity contribution >= 4 is 29.4 Å². The fourth-order valence-electron chi connectivity index (χ4n) is 1.90. The molecule has 0 fully saturated rings. The number of thioether (sulfide) groups is 1. The molecular weight excluding hydrogens is 352 g/mol. The van der Waals surface area contributed by atoms with Crippen molar-refractivity contribution in [2.75, 3.05) is 18.2 Å². The summed E-state index contributed by atoms with van der Waals surface area (Å²) in [5.41, 5.74) is -0.443. The van der Waals surface area contributed by atoms with E-state index in [1.807, 2.05) is 45.2 Å². The lowest BCUT2D eigenvalue weighted by Crippen LogP contribution is -2.49. The lowest BCUT2D eigenvalue weighted by atomic mass is 10.1. The molecule has 7 heteroatoms. The number of nitrogens with one attached hydrogen (secondary N) is 2. The van der Waals surface area contributed by atoms with Crippen LogP contribution in [0.15, 0.2) is 29.2 Å². The summed E-state index contributed by atoms with van der Waals surface area (Å²) < 4.78 is 11.1. The summed E-state index contributed by atoms with van der Waals surface area (Å²) in [5.74, 6) is -0.533.